The molecule has 0 saturated carbocycles. The van der Waals surface area contributed by atoms with Crippen LogP contribution in [0.2, 0.25) is 0 Å². The van der Waals surface area contributed by atoms with E-state index in [-0.39, 0.29) is 18.3 Å². The van der Waals surface area contributed by atoms with Crippen LogP contribution in [0.5, 0.6) is 0 Å². The van der Waals surface area contributed by atoms with E-state index in [1.807, 2.05) is 18.4 Å². The summed E-state index contributed by atoms with van der Waals surface area (Å²) in [6.45, 7) is 6.55. The number of rotatable bonds is 9. The van der Waals surface area contributed by atoms with Gasteiger partial charge in [0.25, 0.3) is 0 Å². The minimum Gasteiger partial charge on any atom is -0.357 e. The molecular formula is C15H27ClN4OS. The Kier molecular flexibility index (Phi) is 11.1. The summed E-state index contributed by atoms with van der Waals surface area (Å²) in [4.78, 5) is 18.4. The van der Waals surface area contributed by atoms with E-state index >= 15 is 0 Å². The first-order valence-electron chi connectivity index (χ1n) is 7.34. The monoisotopic (exact) mass is 346 g/mol. The van der Waals surface area contributed by atoms with E-state index in [0.717, 1.165) is 30.2 Å². The first kappa shape index (κ1) is 21.0. The summed E-state index contributed by atoms with van der Waals surface area (Å²) in [5, 5.41) is 2.86. The smallest absolute Gasteiger partial charge is 0.237 e. The third-order valence-electron chi connectivity index (χ3n) is 3.33. The summed E-state index contributed by atoms with van der Waals surface area (Å²) in [7, 11) is 0. The van der Waals surface area contributed by atoms with Gasteiger partial charge in [0.05, 0.1) is 6.04 Å². The number of hydrogen-bond donors (Lipinski definition) is 2. The van der Waals surface area contributed by atoms with Crippen LogP contribution in [0.3, 0.4) is 0 Å². The highest BCUT2D eigenvalue weighted by Crippen LogP contribution is 2.10. The lowest BCUT2D eigenvalue weighted by molar-refractivity contribution is -0.122. The van der Waals surface area contributed by atoms with Gasteiger partial charge in [-0.05, 0) is 43.9 Å². The molecule has 0 fully saturated rings. The molecule has 5 nitrogen and oxygen atoms in total. The number of nitrogens with one attached hydrogen (secondary N) is 1. The fraction of sp³-hybridized carbons (Fsp3) is 0.600. The lowest BCUT2D eigenvalue weighted by Gasteiger charge is -2.19. The number of carbonyl (C=O) groups excluding carboxylic acids is 1. The van der Waals surface area contributed by atoms with Gasteiger partial charge in [-0.1, -0.05) is 6.07 Å². The van der Waals surface area contributed by atoms with Gasteiger partial charge in [0, 0.05) is 25.8 Å². The molecule has 1 rings (SSSR count). The topological polar surface area (TPSA) is 71.2 Å². The minimum absolute atomic E-state index is 0. The number of pyridine rings is 1. The van der Waals surface area contributed by atoms with Gasteiger partial charge < -0.3 is 16.0 Å². The van der Waals surface area contributed by atoms with Crippen LogP contribution in [-0.2, 0) is 11.3 Å². The largest absolute Gasteiger partial charge is 0.357 e. The quantitative estimate of drug-likeness (QED) is 0.716. The third-order valence-corrected chi connectivity index (χ3v) is 3.98. The second-order valence-corrected chi connectivity index (χ2v) is 5.79. The number of carbonyl (C=O) groups is 1. The fourth-order valence-corrected chi connectivity index (χ4v) is 2.44. The molecule has 0 bridgehead atoms. The Morgan fingerprint density at radius 3 is 2.59 bits per heavy atom. The number of aromatic nitrogens is 1. The Balaban J connectivity index is 0.00000441. The zero-order valence-corrected chi connectivity index (χ0v) is 15.2. The zero-order chi connectivity index (χ0) is 15.7. The van der Waals surface area contributed by atoms with Gasteiger partial charge in [0.1, 0.15) is 5.82 Å². The van der Waals surface area contributed by atoms with Gasteiger partial charge in [-0.25, -0.2) is 4.98 Å². The summed E-state index contributed by atoms with van der Waals surface area (Å²) >= 11 is 1.70. The molecule has 1 amide bonds. The van der Waals surface area contributed by atoms with E-state index in [0.29, 0.717) is 13.0 Å². The van der Waals surface area contributed by atoms with Crippen molar-refractivity contribution in [3.05, 3.63) is 23.9 Å². The number of amides is 1. The summed E-state index contributed by atoms with van der Waals surface area (Å²) in [5.41, 5.74) is 6.80. The van der Waals surface area contributed by atoms with Crippen molar-refractivity contribution in [1.82, 2.24) is 10.3 Å². The van der Waals surface area contributed by atoms with Crippen molar-refractivity contribution in [1.29, 1.82) is 0 Å². The molecule has 0 radical (unpaired) electrons. The van der Waals surface area contributed by atoms with Crippen LogP contribution >= 0.6 is 24.2 Å². The fourth-order valence-electron chi connectivity index (χ4n) is 1.95. The zero-order valence-electron chi connectivity index (χ0n) is 13.5. The first-order valence-corrected chi connectivity index (χ1v) is 8.73. The molecule has 22 heavy (non-hydrogen) atoms. The average molecular weight is 347 g/mol. The summed E-state index contributed by atoms with van der Waals surface area (Å²) < 4.78 is 0. The molecule has 0 aliphatic carbocycles. The molecule has 0 spiro atoms. The molecule has 0 saturated heterocycles. The molecule has 0 aromatic carbocycles. The minimum atomic E-state index is -0.430. The summed E-state index contributed by atoms with van der Waals surface area (Å²) in [6, 6.07) is 3.55. The van der Waals surface area contributed by atoms with Crippen molar-refractivity contribution in [2.45, 2.75) is 32.9 Å². The lowest BCUT2D eigenvalue weighted by Crippen LogP contribution is -2.40. The van der Waals surface area contributed by atoms with Gasteiger partial charge in [-0.3, -0.25) is 4.79 Å². The van der Waals surface area contributed by atoms with Crippen molar-refractivity contribution < 1.29 is 4.79 Å². The number of halogens is 1. The molecule has 1 aromatic rings. The molecule has 0 aliphatic rings. The molecule has 1 aromatic heterocycles. The molecule has 1 atom stereocenters. The Hall–Kier alpha value is -0.980. The molecule has 126 valence electrons. The molecular weight excluding hydrogens is 320 g/mol. The predicted molar refractivity (Wildman–Crippen MR) is 97.9 cm³/mol. The first-order chi connectivity index (χ1) is 10.1. The van der Waals surface area contributed by atoms with Crippen molar-refractivity contribution >= 4 is 35.9 Å². The predicted octanol–water partition coefficient (Wildman–Crippen LogP) is 2.05. The standard InChI is InChI=1S/C15H26N4OS.ClH/c1-4-19(5-2)14-7-6-12(10-17-14)11-18-15(20)13(16)8-9-21-3;/h6-7,10,13H,4-5,8-9,11,16H2,1-3H3,(H,18,20);1H/t13-;/m0./s1. The highest BCUT2D eigenvalue weighted by molar-refractivity contribution is 7.98. The highest BCUT2D eigenvalue weighted by atomic mass is 35.5. The Morgan fingerprint density at radius 1 is 1.41 bits per heavy atom. The van der Waals surface area contributed by atoms with E-state index in [1.165, 1.54) is 0 Å². The number of anilines is 1. The second-order valence-electron chi connectivity index (χ2n) is 4.80. The van der Waals surface area contributed by atoms with Gasteiger partial charge in [-0.15, -0.1) is 12.4 Å². The molecule has 3 N–H and O–H groups in total. The van der Waals surface area contributed by atoms with Crippen LogP contribution in [-0.4, -0.2) is 42.0 Å². The van der Waals surface area contributed by atoms with Crippen LogP contribution in [0.4, 0.5) is 5.82 Å². The van der Waals surface area contributed by atoms with Gasteiger partial charge in [0.15, 0.2) is 0 Å². The second kappa shape index (κ2) is 11.6. The molecule has 7 heteroatoms. The normalized spacial score (nSPS) is 11.5. The van der Waals surface area contributed by atoms with Crippen molar-refractivity contribution in [2.24, 2.45) is 5.73 Å². The SMILES string of the molecule is CCN(CC)c1ccc(CNC(=O)[C@@H](N)CCSC)cn1.Cl. The van der Waals surface area contributed by atoms with Crippen LogP contribution in [0.1, 0.15) is 25.8 Å². The van der Waals surface area contributed by atoms with Gasteiger partial charge >= 0.3 is 0 Å². The van der Waals surface area contributed by atoms with E-state index in [1.54, 1.807) is 18.0 Å². The Morgan fingerprint density at radius 2 is 2.09 bits per heavy atom. The number of thioether (sulfide) groups is 1. The van der Waals surface area contributed by atoms with E-state index in [4.69, 9.17) is 5.73 Å². The number of hydrogen-bond acceptors (Lipinski definition) is 5. The maximum atomic E-state index is 11.8. The lowest BCUT2D eigenvalue weighted by atomic mass is 10.2. The maximum Gasteiger partial charge on any atom is 0.237 e. The van der Waals surface area contributed by atoms with Crippen LogP contribution in [0.15, 0.2) is 18.3 Å². The van der Waals surface area contributed by atoms with Gasteiger partial charge in [-0.2, -0.15) is 11.8 Å². The maximum absolute atomic E-state index is 11.8. The van der Waals surface area contributed by atoms with Crippen LogP contribution in [0.25, 0.3) is 0 Å². The van der Waals surface area contributed by atoms with Gasteiger partial charge in [0.2, 0.25) is 5.91 Å². The molecule has 1 heterocycles. The number of nitrogens with two attached hydrogens (primary N) is 1. The molecule has 0 unspecified atom stereocenters. The Bertz CT molecular complexity index is 426. The summed E-state index contributed by atoms with van der Waals surface area (Å²) in [5.74, 6) is 1.76. The van der Waals surface area contributed by atoms with E-state index in [9.17, 15) is 4.79 Å². The average Bonchev–Trinajstić information content (AvgIpc) is 2.52. The van der Waals surface area contributed by atoms with E-state index < -0.39 is 6.04 Å². The number of nitrogens with zero attached hydrogens (tertiary/aromatic N) is 2. The summed E-state index contributed by atoms with van der Waals surface area (Å²) in [6.07, 6.45) is 4.52. The van der Waals surface area contributed by atoms with Crippen molar-refractivity contribution in [3.63, 3.8) is 0 Å². The van der Waals surface area contributed by atoms with Crippen molar-refractivity contribution in [2.75, 3.05) is 30.0 Å². The van der Waals surface area contributed by atoms with Crippen LogP contribution in [0, 0.1) is 0 Å². The Labute approximate surface area is 143 Å². The van der Waals surface area contributed by atoms with Crippen molar-refractivity contribution in [3.8, 4) is 0 Å². The van der Waals surface area contributed by atoms with E-state index in [2.05, 4.69) is 29.0 Å². The van der Waals surface area contributed by atoms with Crippen LogP contribution < -0.4 is 16.0 Å². The third kappa shape index (κ3) is 6.85. The molecule has 0 aliphatic heterocycles. The highest BCUT2D eigenvalue weighted by Gasteiger charge is 2.12.